The Labute approximate surface area is 103 Å². The summed E-state index contributed by atoms with van der Waals surface area (Å²) in [4.78, 5) is 0. The quantitative estimate of drug-likeness (QED) is 0.636. The Morgan fingerprint density at radius 1 is 1.41 bits per heavy atom. The van der Waals surface area contributed by atoms with Crippen LogP contribution in [-0.4, -0.2) is 24.9 Å². The van der Waals surface area contributed by atoms with Crippen molar-refractivity contribution in [2.45, 2.75) is 20.3 Å². The molecular weight excluding hydrogens is 216 g/mol. The molecule has 0 heterocycles. The summed E-state index contributed by atoms with van der Waals surface area (Å²) >= 11 is 0. The molecule has 0 aliphatic heterocycles. The zero-order valence-electron chi connectivity index (χ0n) is 10.6. The minimum atomic E-state index is 0.226. The first-order chi connectivity index (χ1) is 8.15. The van der Waals surface area contributed by atoms with Gasteiger partial charge in [0, 0.05) is 36.7 Å². The molecule has 1 rings (SSSR count). The molecule has 4 nitrogen and oxygen atoms in total. The van der Waals surface area contributed by atoms with Gasteiger partial charge in [0.05, 0.1) is 6.61 Å². The Morgan fingerprint density at radius 2 is 2.18 bits per heavy atom. The normalized spacial score (nSPS) is 12.2. The fourth-order valence-electron chi connectivity index (χ4n) is 1.59. The van der Waals surface area contributed by atoms with Crippen molar-refractivity contribution in [3.63, 3.8) is 0 Å². The molecule has 0 bridgehead atoms. The third-order valence-electron chi connectivity index (χ3n) is 2.52. The van der Waals surface area contributed by atoms with Crippen molar-refractivity contribution in [1.82, 2.24) is 0 Å². The Hall–Kier alpha value is -1.42. The summed E-state index contributed by atoms with van der Waals surface area (Å²) < 4.78 is 5.42. The third-order valence-corrected chi connectivity index (χ3v) is 2.52. The minimum Gasteiger partial charge on any atom is -0.494 e. The first-order valence-electron chi connectivity index (χ1n) is 6.03. The highest BCUT2D eigenvalue weighted by Crippen LogP contribution is 2.22. The Morgan fingerprint density at radius 3 is 2.82 bits per heavy atom. The lowest BCUT2D eigenvalue weighted by atomic mass is 10.1. The number of nitrogens with two attached hydrogens (primary N) is 1. The lowest BCUT2D eigenvalue weighted by Crippen LogP contribution is -2.12. The van der Waals surface area contributed by atoms with Crippen molar-refractivity contribution in [1.29, 1.82) is 0 Å². The smallest absolute Gasteiger partial charge is 0.123 e. The summed E-state index contributed by atoms with van der Waals surface area (Å²) in [6.45, 7) is 5.71. The van der Waals surface area contributed by atoms with Crippen LogP contribution in [0, 0.1) is 5.92 Å². The summed E-state index contributed by atoms with van der Waals surface area (Å²) in [6, 6.07) is 5.63. The predicted octanol–water partition coefficient (Wildman–Crippen LogP) is 2.10. The number of aliphatic hydroxyl groups is 1. The van der Waals surface area contributed by atoms with E-state index in [1.54, 1.807) is 0 Å². The van der Waals surface area contributed by atoms with Gasteiger partial charge in [-0.3, -0.25) is 0 Å². The molecule has 1 aromatic carbocycles. The van der Waals surface area contributed by atoms with Gasteiger partial charge in [-0.15, -0.1) is 0 Å². The number of nitrogen functional groups attached to an aromatic ring is 1. The van der Waals surface area contributed by atoms with E-state index >= 15 is 0 Å². The lowest BCUT2D eigenvalue weighted by molar-refractivity contribution is 0.266. The number of ether oxygens (including phenoxy) is 1. The monoisotopic (exact) mass is 238 g/mol. The van der Waals surface area contributed by atoms with Crippen LogP contribution in [0.15, 0.2) is 18.2 Å². The first kappa shape index (κ1) is 13.6. The molecule has 96 valence electrons. The van der Waals surface area contributed by atoms with Crippen LogP contribution in [0.5, 0.6) is 5.75 Å². The largest absolute Gasteiger partial charge is 0.494 e. The molecule has 0 saturated carbocycles. The van der Waals surface area contributed by atoms with Crippen LogP contribution in [0.25, 0.3) is 0 Å². The molecule has 4 N–H and O–H groups in total. The molecule has 0 fully saturated rings. The predicted molar refractivity (Wildman–Crippen MR) is 71.4 cm³/mol. The number of hydrogen-bond donors (Lipinski definition) is 3. The molecule has 0 aliphatic rings. The van der Waals surface area contributed by atoms with Crippen LogP contribution in [-0.2, 0) is 0 Å². The molecule has 4 heteroatoms. The third kappa shape index (κ3) is 4.95. The van der Waals surface area contributed by atoms with Gasteiger partial charge in [-0.05, 0) is 25.3 Å². The summed E-state index contributed by atoms with van der Waals surface area (Å²) in [7, 11) is 0. The molecular formula is C13H22N2O2. The second-order valence-corrected chi connectivity index (χ2v) is 4.22. The second kappa shape index (κ2) is 7.01. The van der Waals surface area contributed by atoms with Gasteiger partial charge >= 0.3 is 0 Å². The Balaban J connectivity index is 2.57. The van der Waals surface area contributed by atoms with E-state index in [-0.39, 0.29) is 6.61 Å². The highest BCUT2D eigenvalue weighted by molar-refractivity contribution is 5.59. The van der Waals surface area contributed by atoms with Crippen molar-refractivity contribution in [2.24, 2.45) is 5.92 Å². The lowest BCUT2D eigenvalue weighted by Gasteiger charge is -2.14. The number of anilines is 2. The van der Waals surface area contributed by atoms with Gasteiger partial charge in [0.15, 0.2) is 0 Å². The highest BCUT2D eigenvalue weighted by atomic mass is 16.5. The molecule has 1 atom stereocenters. The van der Waals surface area contributed by atoms with Gasteiger partial charge in [-0.25, -0.2) is 0 Å². The second-order valence-electron chi connectivity index (χ2n) is 4.22. The van der Waals surface area contributed by atoms with Crippen molar-refractivity contribution in [2.75, 3.05) is 30.8 Å². The van der Waals surface area contributed by atoms with E-state index in [4.69, 9.17) is 15.6 Å². The van der Waals surface area contributed by atoms with Crippen molar-refractivity contribution < 1.29 is 9.84 Å². The number of benzene rings is 1. The average Bonchev–Trinajstić information content (AvgIpc) is 2.26. The van der Waals surface area contributed by atoms with Crippen molar-refractivity contribution in [3.05, 3.63) is 18.2 Å². The zero-order chi connectivity index (χ0) is 12.7. The van der Waals surface area contributed by atoms with Crippen molar-refractivity contribution >= 4 is 11.4 Å². The van der Waals surface area contributed by atoms with E-state index in [1.807, 2.05) is 25.1 Å². The fourth-order valence-corrected chi connectivity index (χ4v) is 1.59. The average molecular weight is 238 g/mol. The van der Waals surface area contributed by atoms with Crippen LogP contribution >= 0.6 is 0 Å². The van der Waals surface area contributed by atoms with Gasteiger partial charge < -0.3 is 20.9 Å². The van der Waals surface area contributed by atoms with Gasteiger partial charge in [0.2, 0.25) is 0 Å². The van der Waals surface area contributed by atoms with Crippen LogP contribution < -0.4 is 15.8 Å². The maximum atomic E-state index is 8.82. The molecule has 17 heavy (non-hydrogen) atoms. The number of aliphatic hydroxyl groups excluding tert-OH is 1. The van der Waals surface area contributed by atoms with Crippen LogP contribution in [0.1, 0.15) is 20.3 Å². The fraction of sp³-hybridized carbons (Fsp3) is 0.538. The van der Waals surface area contributed by atoms with Crippen LogP contribution in [0.3, 0.4) is 0 Å². The summed E-state index contributed by atoms with van der Waals surface area (Å²) in [5.41, 5.74) is 7.44. The van der Waals surface area contributed by atoms with Crippen LogP contribution in [0.4, 0.5) is 11.4 Å². The van der Waals surface area contributed by atoms with E-state index < -0.39 is 0 Å². The Kier molecular flexibility index (Phi) is 5.63. The SMILES string of the molecule is CCOc1cc(N)cc(NCC(C)CCO)c1. The van der Waals surface area contributed by atoms with E-state index in [0.29, 0.717) is 18.2 Å². The van der Waals surface area contributed by atoms with Gasteiger partial charge in [0.25, 0.3) is 0 Å². The summed E-state index contributed by atoms with van der Waals surface area (Å²) in [5.74, 6) is 1.21. The Bertz CT molecular complexity index is 342. The summed E-state index contributed by atoms with van der Waals surface area (Å²) in [5, 5.41) is 12.1. The minimum absolute atomic E-state index is 0.226. The molecule has 1 aromatic rings. The van der Waals surface area contributed by atoms with Gasteiger partial charge in [-0.1, -0.05) is 6.92 Å². The van der Waals surface area contributed by atoms with E-state index in [9.17, 15) is 0 Å². The molecule has 0 aromatic heterocycles. The van der Waals surface area contributed by atoms with Gasteiger partial charge in [0.1, 0.15) is 5.75 Å². The van der Waals surface area contributed by atoms with Gasteiger partial charge in [-0.2, -0.15) is 0 Å². The molecule has 0 radical (unpaired) electrons. The highest BCUT2D eigenvalue weighted by Gasteiger charge is 2.03. The maximum absolute atomic E-state index is 8.82. The van der Waals surface area contributed by atoms with Crippen molar-refractivity contribution in [3.8, 4) is 5.75 Å². The van der Waals surface area contributed by atoms with E-state index in [2.05, 4.69) is 12.2 Å². The standard InChI is InChI=1S/C13H22N2O2/c1-3-17-13-7-11(14)6-12(8-13)15-9-10(2)4-5-16/h6-8,10,15-16H,3-5,9,14H2,1-2H3. The molecule has 0 aliphatic carbocycles. The van der Waals surface area contributed by atoms with E-state index in [1.165, 1.54) is 0 Å². The number of hydrogen-bond acceptors (Lipinski definition) is 4. The summed E-state index contributed by atoms with van der Waals surface area (Å²) in [6.07, 6.45) is 0.799. The molecule has 0 saturated heterocycles. The maximum Gasteiger partial charge on any atom is 0.123 e. The molecule has 1 unspecified atom stereocenters. The molecule has 0 spiro atoms. The molecule has 0 amide bonds. The van der Waals surface area contributed by atoms with Crippen LogP contribution in [0.2, 0.25) is 0 Å². The number of rotatable bonds is 7. The first-order valence-corrected chi connectivity index (χ1v) is 6.03. The van der Waals surface area contributed by atoms with E-state index in [0.717, 1.165) is 24.4 Å². The number of nitrogens with one attached hydrogen (secondary N) is 1. The zero-order valence-corrected chi connectivity index (χ0v) is 10.6. The topological polar surface area (TPSA) is 67.5 Å².